The molecule has 0 radical (unpaired) electrons. The van der Waals surface area contributed by atoms with E-state index in [0.29, 0.717) is 12.0 Å². The van der Waals surface area contributed by atoms with Gasteiger partial charge in [-0.2, -0.15) is 0 Å². The van der Waals surface area contributed by atoms with Gasteiger partial charge in [0, 0.05) is 11.1 Å². The molecule has 1 aliphatic carbocycles. The van der Waals surface area contributed by atoms with Gasteiger partial charge in [-0.3, -0.25) is 14.4 Å². The molecule has 19 heavy (non-hydrogen) atoms. The predicted octanol–water partition coefficient (Wildman–Crippen LogP) is 1.54. The van der Waals surface area contributed by atoms with Crippen LogP contribution < -0.4 is 5.32 Å². The molecular weight excluding hydrogens is 246 g/mol. The van der Waals surface area contributed by atoms with Gasteiger partial charge in [0.15, 0.2) is 5.76 Å². The number of methoxy groups -OCH3 is 1. The molecule has 100 valence electrons. The van der Waals surface area contributed by atoms with Crippen LogP contribution in [0, 0.1) is 0 Å². The number of amides is 1. The minimum atomic E-state index is -0.771. The predicted molar refractivity (Wildman–Crippen MR) is 70.3 cm³/mol. The van der Waals surface area contributed by atoms with Crippen molar-refractivity contribution < 1.29 is 19.1 Å². The fourth-order valence-electron chi connectivity index (χ4n) is 1.75. The highest BCUT2D eigenvalue weighted by Crippen LogP contribution is 2.28. The molecule has 1 aromatic rings. The van der Waals surface area contributed by atoms with Crippen LogP contribution in [-0.4, -0.2) is 25.1 Å². The summed E-state index contributed by atoms with van der Waals surface area (Å²) in [6.45, 7) is 4.00. The lowest BCUT2D eigenvalue weighted by Gasteiger charge is -2.19. The topological polar surface area (TPSA) is 72.5 Å². The Kier molecular flexibility index (Phi) is 5.00. The number of carbonyl (C=O) groups excluding carboxylic acids is 3. The number of fused-ring (bicyclic) bond motifs is 1. The SMILES string of the molecule is CC.COC1=C(NC=O)C(=O)C(=O)c2ccccc21. The van der Waals surface area contributed by atoms with E-state index in [4.69, 9.17) is 4.74 Å². The molecule has 0 fully saturated rings. The van der Waals surface area contributed by atoms with Crippen molar-refractivity contribution in [2.75, 3.05) is 7.11 Å². The third kappa shape index (κ3) is 2.54. The van der Waals surface area contributed by atoms with E-state index < -0.39 is 11.6 Å². The van der Waals surface area contributed by atoms with Crippen LogP contribution in [0.2, 0.25) is 0 Å². The molecule has 0 atom stereocenters. The van der Waals surface area contributed by atoms with E-state index in [-0.39, 0.29) is 17.0 Å². The van der Waals surface area contributed by atoms with E-state index in [1.165, 1.54) is 7.11 Å². The molecule has 1 amide bonds. The van der Waals surface area contributed by atoms with E-state index in [9.17, 15) is 14.4 Å². The van der Waals surface area contributed by atoms with Gasteiger partial charge in [0.05, 0.1) is 7.11 Å². The summed E-state index contributed by atoms with van der Waals surface area (Å²) < 4.78 is 5.09. The lowest BCUT2D eigenvalue weighted by atomic mass is 9.91. The first-order chi connectivity index (χ1) is 9.20. The van der Waals surface area contributed by atoms with Crippen molar-refractivity contribution in [1.82, 2.24) is 5.32 Å². The fraction of sp³-hybridized carbons (Fsp3) is 0.214. The van der Waals surface area contributed by atoms with E-state index in [1.54, 1.807) is 24.3 Å². The molecule has 0 bridgehead atoms. The van der Waals surface area contributed by atoms with Crippen LogP contribution in [-0.2, 0) is 14.3 Å². The zero-order valence-electron chi connectivity index (χ0n) is 11.0. The van der Waals surface area contributed by atoms with Crippen molar-refractivity contribution >= 4 is 23.7 Å². The molecule has 0 heterocycles. The summed E-state index contributed by atoms with van der Waals surface area (Å²) in [7, 11) is 1.38. The molecule has 1 aromatic carbocycles. The number of carbonyl (C=O) groups is 3. The Bertz CT molecular complexity index is 546. The molecular formula is C14H15NO4. The number of rotatable bonds is 3. The molecule has 5 nitrogen and oxygen atoms in total. The summed E-state index contributed by atoms with van der Waals surface area (Å²) in [6, 6.07) is 6.59. The highest BCUT2D eigenvalue weighted by Gasteiger charge is 2.33. The highest BCUT2D eigenvalue weighted by molar-refractivity contribution is 6.52. The van der Waals surface area contributed by atoms with E-state index in [1.807, 2.05) is 13.8 Å². The number of hydrogen-bond acceptors (Lipinski definition) is 4. The second kappa shape index (κ2) is 6.49. The van der Waals surface area contributed by atoms with Crippen LogP contribution in [0.3, 0.4) is 0 Å². The summed E-state index contributed by atoms with van der Waals surface area (Å²) in [5.41, 5.74) is 0.668. The Morgan fingerprint density at radius 3 is 2.16 bits per heavy atom. The summed E-state index contributed by atoms with van der Waals surface area (Å²) in [5, 5.41) is 2.21. The van der Waals surface area contributed by atoms with Gasteiger partial charge in [-0.25, -0.2) is 0 Å². The lowest BCUT2D eigenvalue weighted by molar-refractivity contribution is -0.114. The standard InChI is InChI=1S/C12H9NO4.C2H6/c1-17-12-8-5-3-2-4-7(8)10(15)11(16)9(12)13-6-14;1-2/h2-6H,1H3,(H,13,14);1-2H3. The Labute approximate surface area is 111 Å². The Balaban J connectivity index is 0.000000861. The molecule has 1 N–H and O–H groups in total. The second-order valence-electron chi connectivity index (χ2n) is 3.37. The first-order valence-corrected chi connectivity index (χ1v) is 5.87. The normalized spacial score (nSPS) is 13.2. The van der Waals surface area contributed by atoms with Gasteiger partial charge >= 0.3 is 0 Å². The second-order valence-corrected chi connectivity index (χ2v) is 3.37. The quantitative estimate of drug-likeness (QED) is 0.661. The minimum absolute atomic E-state index is 0.119. The maximum Gasteiger partial charge on any atom is 0.253 e. The maximum absolute atomic E-state index is 11.8. The van der Waals surface area contributed by atoms with Gasteiger partial charge in [0.2, 0.25) is 12.2 Å². The molecule has 0 aliphatic heterocycles. The molecule has 1 aliphatic rings. The zero-order valence-corrected chi connectivity index (χ0v) is 11.0. The lowest BCUT2D eigenvalue weighted by Crippen LogP contribution is -2.31. The molecule has 2 rings (SSSR count). The smallest absolute Gasteiger partial charge is 0.253 e. The van der Waals surface area contributed by atoms with Gasteiger partial charge in [-0.15, -0.1) is 0 Å². The highest BCUT2D eigenvalue weighted by atomic mass is 16.5. The monoisotopic (exact) mass is 261 g/mol. The van der Waals surface area contributed by atoms with Crippen molar-refractivity contribution in [1.29, 1.82) is 0 Å². The van der Waals surface area contributed by atoms with Gasteiger partial charge in [0.25, 0.3) is 5.78 Å². The van der Waals surface area contributed by atoms with Crippen molar-refractivity contribution in [3.8, 4) is 0 Å². The van der Waals surface area contributed by atoms with Gasteiger partial charge in [-0.1, -0.05) is 38.1 Å². The number of ketones is 2. The van der Waals surface area contributed by atoms with Crippen molar-refractivity contribution in [2.24, 2.45) is 0 Å². The molecule has 0 aromatic heterocycles. The average Bonchev–Trinajstić information content (AvgIpc) is 2.47. The summed E-state index contributed by atoms with van der Waals surface area (Å²) in [5.74, 6) is -1.21. The fourth-order valence-corrected chi connectivity index (χ4v) is 1.75. The van der Waals surface area contributed by atoms with E-state index >= 15 is 0 Å². The van der Waals surface area contributed by atoms with Crippen molar-refractivity contribution in [3.05, 3.63) is 41.1 Å². The third-order valence-corrected chi connectivity index (χ3v) is 2.48. The van der Waals surface area contributed by atoms with E-state index in [0.717, 1.165) is 0 Å². The number of benzene rings is 1. The van der Waals surface area contributed by atoms with Crippen LogP contribution in [0.25, 0.3) is 5.76 Å². The van der Waals surface area contributed by atoms with E-state index in [2.05, 4.69) is 5.32 Å². The summed E-state index contributed by atoms with van der Waals surface area (Å²) >= 11 is 0. The molecule has 0 saturated heterocycles. The number of allylic oxidation sites excluding steroid dienone is 1. The molecule has 0 saturated carbocycles. The number of ether oxygens (including phenoxy) is 1. The maximum atomic E-state index is 11.8. The third-order valence-electron chi connectivity index (χ3n) is 2.48. The van der Waals surface area contributed by atoms with Crippen LogP contribution in [0.1, 0.15) is 29.8 Å². The Morgan fingerprint density at radius 1 is 1.05 bits per heavy atom. The first kappa shape index (κ1) is 14.6. The van der Waals surface area contributed by atoms with Gasteiger partial charge < -0.3 is 10.1 Å². The summed E-state index contributed by atoms with van der Waals surface area (Å²) in [6.07, 6.45) is 0.341. The minimum Gasteiger partial charge on any atom is -0.494 e. The number of hydrogen-bond donors (Lipinski definition) is 1. The molecule has 5 heteroatoms. The number of Topliss-reactive ketones (excluding diaryl/α,β-unsaturated/α-hetero) is 2. The average molecular weight is 261 g/mol. The van der Waals surface area contributed by atoms with Crippen molar-refractivity contribution in [2.45, 2.75) is 13.8 Å². The Hall–Kier alpha value is -2.43. The first-order valence-electron chi connectivity index (χ1n) is 5.87. The van der Waals surface area contributed by atoms with Crippen LogP contribution >= 0.6 is 0 Å². The molecule has 0 unspecified atom stereocenters. The largest absolute Gasteiger partial charge is 0.494 e. The Morgan fingerprint density at radius 2 is 1.63 bits per heavy atom. The van der Waals surface area contributed by atoms with Gasteiger partial charge in [-0.05, 0) is 0 Å². The van der Waals surface area contributed by atoms with Crippen LogP contribution in [0.4, 0.5) is 0 Å². The zero-order chi connectivity index (χ0) is 14.4. The molecule has 0 spiro atoms. The van der Waals surface area contributed by atoms with Crippen LogP contribution in [0.5, 0.6) is 0 Å². The van der Waals surface area contributed by atoms with Crippen LogP contribution in [0.15, 0.2) is 30.0 Å². The van der Waals surface area contributed by atoms with Crippen molar-refractivity contribution in [3.63, 3.8) is 0 Å². The number of nitrogens with one attached hydrogen (secondary N) is 1. The van der Waals surface area contributed by atoms with Gasteiger partial charge in [0.1, 0.15) is 5.70 Å². The summed E-state index contributed by atoms with van der Waals surface area (Å²) in [4.78, 5) is 33.9.